The molecular formula is C16H23NOS. The van der Waals surface area contributed by atoms with Gasteiger partial charge in [0, 0.05) is 36.1 Å². The van der Waals surface area contributed by atoms with E-state index in [1.165, 1.54) is 16.9 Å². The van der Waals surface area contributed by atoms with Gasteiger partial charge in [0.1, 0.15) is 0 Å². The Balaban J connectivity index is 1.72. The van der Waals surface area contributed by atoms with Crippen molar-refractivity contribution in [3.8, 4) is 0 Å². The van der Waals surface area contributed by atoms with E-state index < -0.39 is 0 Å². The maximum absolute atomic E-state index is 5.55. The SMILES string of the molecule is COC1CC(NC2CSCc3ccccc32)C1(C)C. The van der Waals surface area contributed by atoms with Gasteiger partial charge in [-0.25, -0.2) is 0 Å². The number of hydrogen-bond acceptors (Lipinski definition) is 3. The fourth-order valence-electron chi connectivity index (χ4n) is 3.33. The minimum atomic E-state index is 0.242. The number of nitrogens with one attached hydrogen (secondary N) is 1. The van der Waals surface area contributed by atoms with Crippen molar-refractivity contribution in [3.63, 3.8) is 0 Å². The highest BCUT2D eigenvalue weighted by Crippen LogP contribution is 2.44. The van der Waals surface area contributed by atoms with E-state index in [1.807, 2.05) is 18.9 Å². The molecule has 0 aromatic heterocycles. The number of thioether (sulfide) groups is 1. The fourth-order valence-corrected chi connectivity index (χ4v) is 4.44. The fraction of sp³-hybridized carbons (Fsp3) is 0.625. The lowest BCUT2D eigenvalue weighted by Gasteiger charge is -2.53. The molecule has 0 bridgehead atoms. The van der Waals surface area contributed by atoms with Crippen LogP contribution < -0.4 is 5.32 Å². The first-order valence-corrected chi connectivity index (χ1v) is 8.23. The lowest BCUT2D eigenvalue weighted by molar-refractivity contribution is -0.0998. The molecule has 0 saturated heterocycles. The minimum Gasteiger partial charge on any atom is -0.381 e. The molecule has 3 rings (SSSR count). The number of methoxy groups -OCH3 is 1. The van der Waals surface area contributed by atoms with Gasteiger partial charge in [-0.15, -0.1) is 0 Å². The van der Waals surface area contributed by atoms with Gasteiger partial charge in [-0.1, -0.05) is 38.1 Å². The second-order valence-electron chi connectivity index (χ2n) is 6.27. The van der Waals surface area contributed by atoms with Gasteiger partial charge in [0.05, 0.1) is 6.10 Å². The van der Waals surface area contributed by atoms with Crippen LogP contribution in [0.25, 0.3) is 0 Å². The number of hydrogen-bond donors (Lipinski definition) is 1. The van der Waals surface area contributed by atoms with Crippen LogP contribution in [0.4, 0.5) is 0 Å². The normalized spacial score (nSPS) is 32.5. The van der Waals surface area contributed by atoms with E-state index in [2.05, 4.69) is 43.4 Å². The summed E-state index contributed by atoms with van der Waals surface area (Å²) in [6, 6.07) is 9.92. The summed E-state index contributed by atoms with van der Waals surface area (Å²) in [7, 11) is 1.83. The van der Waals surface area contributed by atoms with E-state index in [-0.39, 0.29) is 5.41 Å². The molecule has 1 aliphatic heterocycles. The second kappa shape index (κ2) is 5.12. The summed E-state index contributed by atoms with van der Waals surface area (Å²) in [4.78, 5) is 0. The Bertz CT molecular complexity index is 460. The first-order valence-electron chi connectivity index (χ1n) is 7.07. The van der Waals surface area contributed by atoms with Crippen LogP contribution in [-0.2, 0) is 10.5 Å². The molecule has 0 radical (unpaired) electrons. The predicted molar refractivity (Wildman–Crippen MR) is 81.5 cm³/mol. The van der Waals surface area contributed by atoms with Crippen LogP contribution in [0.1, 0.15) is 37.4 Å². The number of benzene rings is 1. The first kappa shape index (κ1) is 13.5. The number of ether oxygens (including phenoxy) is 1. The zero-order chi connectivity index (χ0) is 13.5. The van der Waals surface area contributed by atoms with E-state index in [9.17, 15) is 0 Å². The van der Waals surface area contributed by atoms with Crippen molar-refractivity contribution in [2.45, 2.75) is 44.2 Å². The standard InChI is InChI=1S/C16H23NOS/c1-16(2)14(8-15(16)18-3)17-13-10-19-9-11-6-4-5-7-12(11)13/h4-7,13-15,17H,8-10H2,1-3H3. The molecule has 3 atom stereocenters. The van der Waals surface area contributed by atoms with Gasteiger partial charge in [0.15, 0.2) is 0 Å². The first-order chi connectivity index (χ1) is 9.13. The smallest absolute Gasteiger partial charge is 0.0652 e. The molecule has 1 saturated carbocycles. The summed E-state index contributed by atoms with van der Waals surface area (Å²) < 4.78 is 5.55. The molecular weight excluding hydrogens is 254 g/mol. The van der Waals surface area contributed by atoms with Crippen molar-refractivity contribution in [2.75, 3.05) is 12.9 Å². The van der Waals surface area contributed by atoms with Crippen molar-refractivity contribution in [3.05, 3.63) is 35.4 Å². The van der Waals surface area contributed by atoms with E-state index in [0.717, 1.165) is 12.2 Å². The number of rotatable bonds is 3. The maximum atomic E-state index is 5.55. The summed E-state index contributed by atoms with van der Waals surface area (Å²) in [5.74, 6) is 2.34. The van der Waals surface area contributed by atoms with Gasteiger partial charge < -0.3 is 10.1 Å². The van der Waals surface area contributed by atoms with Crippen molar-refractivity contribution in [2.24, 2.45) is 5.41 Å². The molecule has 0 amide bonds. The molecule has 2 aliphatic rings. The van der Waals surface area contributed by atoms with Crippen LogP contribution in [0.3, 0.4) is 0 Å². The third-order valence-corrected chi connectivity index (χ3v) is 5.92. The molecule has 1 aliphatic carbocycles. The second-order valence-corrected chi connectivity index (χ2v) is 7.30. The van der Waals surface area contributed by atoms with Crippen LogP contribution in [0.15, 0.2) is 24.3 Å². The van der Waals surface area contributed by atoms with Crippen molar-refractivity contribution in [1.29, 1.82) is 0 Å². The van der Waals surface area contributed by atoms with E-state index in [4.69, 9.17) is 4.74 Å². The Labute approximate surface area is 120 Å². The maximum Gasteiger partial charge on any atom is 0.0652 e. The third kappa shape index (κ3) is 2.32. The molecule has 3 unspecified atom stereocenters. The minimum absolute atomic E-state index is 0.242. The summed E-state index contributed by atoms with van der Waals surface area (Å²) in [6.07, 6.45) is 1.53. The molecule has 1 fully saturated rings. The van der Waals surface area contributed by atoms with Gasteiger partial charge in [0.25, 0.3) is 0 Å². The highest BCUT2D eigenvalue weighted by atomic mass is 32.2. The van der Waals surface area contributed by atoms with Crippen LogP contribution in [0.2, 0.25) is 0 Å². The quantitative estimate of drug-likeness (QED) is 0.915. The van der Waals surface area contributed by atoms with Crippen molar-refractivity contribution in [1.82, 2.24) is 5.32 Å². The van der Waals surface area contributed by atoms with Crippen molar-refractivity contribution < 1.29 is 4.74 Å². The zero-order valence-corrected chi connectivity index (χ0v) is 12.8. The molecule has 1 N–H and O–H groups in total. The van der Waals surface area contributed by atoms with Crippen molar-refractivity contribution >= 4 is 11.8 Å². The molecule has 3 heteroatoms. The Morgan fingerprint density at radius 2 is 2.11 bits per heavy atom. The average Bonchev–Trinajstić information content (AvgIpc) is 2.43. The van der Waals surface area contributed by atoms with Crippen LogP contribution in [-0.4, -0.2) is 25.0 Å². The lowest BCUT2D eigenvalue weighted by Crippen LogP contribution is -2.61. The summed E-state index contributed by atoms with van der Waals surface area (Å²) in [5.41, 5.74) is 3.24. The molecule has 1 aromatic rings. The van der Waals surface area contributed by atoms with Gasteiger partial charge in [-0.2, -0.15) is 11.8 Å². The Hall–Kier alpha value is -0.510. The Morgan fingerprint density at radius 1 is 1.32 bits per heavy atom. The van der Waals surface area contributed by atoms with Crippen LogP contribution in [0, 0.1) is 5.41 Å². The van der Waals surface area contributed by atoms with Gasteiger partial charge in [-0.3, -0.25) is 0 Å². The Kier molecular flexibility index (Phi) is 3.63. The Morgan fingerprint density at radius 3 is 2.84 bits per heavy atom. The van der Waals surface area contributed by atoms with Crippen LogP contribution in [0.5, 0.6) is 0 Å². The molecule has 1 aromatic carbocycles. The summed E-state index contributed by atoms with van der Waals surface area (Å²) in [5, 5.41) is 3.87. The zero-order valence-electron chi connectivity index (χ0n) is 12.0. The third-order valence-electron chi connectivity index (χ3n) is 4.84. The average molecular weight is 277 g/mol. The summed E-state index contributed by atoms with van der Waals surface area (Å²) in [6.45, 7) is 4.62. The van der Waals surface area contributed by atoms with Gasteiger partial charge in [-0.05, 0) is 17.5 Å². The van der Waals surface area contributed by atoms with Gasteiger partial charge in [0.2, 0.25) is 0 Å². The molecule has 2 nitrogen and oxygen atoms in total. The van der Waals surface area contributed by atoms with E-state index in [1.54, 1.807) is 0 Å². The highest BCUT2D eigenvalue weighted by Gasteiger charge is 2.49. The predicted octanol–water partition coefficient (Wildman–Crippen LogP) is 3.38. The van der Waals surface area contributed by atoms with Crippen LogP contribution >= 0.6 is 11.8 Å². The molecule has 0 spiro atoms. The van der Waals surface area contributed by atoms with E-state index in [0.29, 0.717) is 18.2 Å². The lowest BCUT2D eigenvalue weighted by atomic mass is 9.64. The topological polar surface area (TPSA) is 21.3 Å². The van der Waals surface area contributed by atoms with Gasteiger partial charge >= 0.3 is 0 Å². The molecule has 1 heterocycles. The summed E-state index contributed by atoms with van der Waals surface area (Å²) >= 11 is 2.04. The monoisotopic (exact) mass is 277 g/mol. The van der Waals surface area contributed by atoms with E-state index >= 15 is 0 Å². The molecule has 104 valence electrons. The number of fused-ring (bicyclic) bond motifs is 1. The highest BCUT2D eigenvalue weighted by molar-refractivity contribution is 7.98. The largest absolute Gasteiger partial charge is 0.381 e. The molecule has 19 heavy (non-hydrogen) atoms.